The Morgan fingerprint density at radius 2 is 1.73 bits per heavy atom. The molecule has 8 heteroatoms. The number of benzene rings is 2. The molecule has 2 aromatic carbocycles. The van der Waals surface area contributed by atoms with Crippen LogP contribution in [0.25, 0.3) is 11.3 Å². The molecule has 0 spiro atoms. The predicted octanol–water partition coefficient (Wildman–Crippen LogP) is 4.89. The number of hydrogen-bond donors (Lipinski definition) is 2. The van der Waals surface area contributed by atoms with Crippen LogP contribution in [0.1, 0.15) is 10.4 Å². The molecule has 3 rings (SSSR count). The van der Waals surface area contributed by atoms with Gasteiger partial charge in [-0.05, 0) is 12.1 Å². The molecule has 0 radical (unpaired) electrons. The highest BCUT2D eigenvalue weighted by Gasteiger charge is 2.18. The van der Waals surface area contributed by atoms with E-state index < -0.39 is 6.09 Å². The summed E-state index contributed by atoms with van der Waals surface area (Å²) < 4.78 is 4.59. The van der Waals surface area contributed by atoms with Crippen LogP contribution >= 0.6 is 22.9 Å². The molecule has 26 heavy (non-hydrogen) atoms. The van der Waals surface area contributed by atoms with Crippen molar-refractivity contribution in [1.29, 1.82) is 0 Å². The van der Waals surface area contributed by atoms with Gasteiger partial charge >= 0.3 is 6.09 Å². The molecular formula is C18H14ClN3O3S. The van der Waals surface area contributed by atoms with Crippen LogP contribution in [-0.2, 0) is 4.74 Å². The number of rotatable bonds is 4. The van der Waals surface area contributed by atoms with E-state index in [1.165, 1.54) is 7.11 Å². The molecule has 0 aliphatic carbocycles. The Hall–Kier alpha value is -2.90. The molecule has 0 atom stereocenters. The monoisotopic (exact) mass is 387 g/mol. The first kappa shape index (κ1) is 17.9. The molecule has 1 heterocycles. The van der Waals surface area contributed by atoms with Crippen LogP contribution in [0.3, 0.4) is 0 Å². The topological polar surface area (TPSA) is 80.3 Å². The number of aromatic nitrogens is 1. The number of halogens is 1. The Kier molecular flexibility index (Phi) is 5.50. The third kappa shape index (κ3) is 4.01. The van der Waals surface area contributed by atoms with E-state index in [1.807, 2.05) is 30.3 Å². The zero-order valence-corrected chi connectivity index (χ0v) is 15.2. The zero-order valence-electron chi connectivity index (χ0n) is 13.7. The lowest BCUT2D eigenvalue weighted by molar-refractivity contribution is 0.102. The Balaban J connectivity index is 1.95. The highest BCUT2D eigenvalue weighted by Crippen LogP contribution is 2.36. The van der Waals surface area contributed by atoms with Gasteiger partial charge in [-0.25, -0.2) is 9.78 Å². The number of amides is 2. The van der Waals surface area contributed by atoms with E-state index in [2.05, 4.69) is 20.4 Å². The van der Waals surface area contributed by atoms with Crippen molar-refractivity contribution in [2.45, 2.75) is 0 Å². The molecule has 0 saturated carbocycles. The number of methoxy groups -OCH3 is 1. The molecule has 0 saturated heterocycles. The molecule has 2 amide bonds. The average Bonchev–Trinajstić information content (AvgIpc) is 3.04. The van der Waals surface area contributed by atoms with Gasteiger partial charge in [-0.3, -0.25) is 10.1 Å². The SMILES string of the molecule is COC(=O)Nc1nc(-c2ccccc2)c(NC(=O)c2ccccc2Cl)s1. The van der Waals surface area contributed by atoms with Crippen LogP contribution < -0.4 is 10.6 Å². The first-order valence-corrected chi connectivity index (χ1v) is 8.75. The van der Waals surface area contributed by atoms with E-state index in [0.29, 0.717) is 26.4 Å². The molecule has 0 aliphatic rings. The predicted molar refractivity (Wildman–Crippen MR) is 103 cm³/mol. The fourth-order valence-corrected chi connectivity index (χ4v) is 3.29. The summed E-state index contributed by atoms with van der Waals surface area (Å²) in [6.07, 6.45) is -0.637. The van der Waals surface area contributed by atoms with Gasteiger partial charge in [-0.1, -0.05) is 65.4 Å². The highest BCUT2D eigenvalue weighted by atomic mass is 35.5. The third-order valence-corrected chi connectivity index (χ3v) is 4.63. The fraction of sp³-hybridized carbons (Fsp3) is 0.0556. The van der Waals surface area contributed by atoms with Gasteiger partial charge in [0.15, 0.2) is 5.13 Å². The van der Waals surface area contributed by atoms with Crippen molar-refractivity contribution in [2.24, 2.45) is 0 Å². The number of carbonyl (C=O) groups is 2. The minimum atomic E-state index is -0.637. The van der Waals surface area contributed by atoms with Crippen molar-refractivity contribution in [3.63, 3.8) is 0 Å². The van der Waals surface area contributed by atoms with E-state index in [9.17, 15) is 9.59 Å². The number of anilines is 2. The van der Waals surface area contributed by atoms with Gasteiger partial charge in [0.25, 0.3) is 5.91 Å². The zero-order chi connectivity index (χ0) is 18.5. The second kappa shape index (κ2) is 7.99. The van der Waals surface area contributed by atoms with Crippen LogP contribution in [-0.4, -0.2) is 24.1 Å². The normalized spacial score (nSPS) is 10.2. The fourth-order valence-electron chi connectivity index (χ4n) is 2.20. The molecule has 2 N–H and O–H groups in total. The van der Waals surface area contributed by atoms with Crippen molar-refractivity contribution < 1.29 is 14.3 Å². The number of thiazole rings is 1. The van der Waals surface area contributed by atoms with Gasteiger partial charge < -0.3 is 10.1 Å². The smallest absolute Gasteiger partial charge is 0.413 e. The molecular weight excluding hydrogens is 374 g/mol. The van der Waals surface area contributed by atoms with Crippen LogP contribution in [0.2, 0.25) is 5.02 Å². The van der Waals surface area contributed by atoms with Crippen LogP contribution in [0.4, 0.5) is 14.9 Å². The maximum Gasteiger partial charge on any atom is 0.413 e. The summed E-state index contributed by atoms with van der Waals surface area (Å²) in [5.41, 5.74) is 1.70. The summed E-state index contributed by atoms with van der Waals surface area (Å²) in [6, 6.07) is 16.1. The third-order valence-electron chi connectivity index (χ3n) is 3.41. The lowest BCUT2D eigenvalue weighted by Gasteiger charge is -2.06. The summed E-state index contributed by atoms with van der Waals surface area (Å²) in [5, 5.41) is 6.49. The molecule has 0 fully saturated rings. The first-order valence-electron chi connectivity index (χ1n) is 7.55. The maximum absolute atomic E-state index is 12.6. The summed E-state index contributed by atoms with van der Waals surface area (Å²) in [5.74, 6) is -0.360. The van der Waals surface area contributed by atoms with Crippen LogP contribution in [0.5, 0.6) is 0 Å². The van der Waals surface area contributed by atoms with Crippen molar-refractivity contribution in [3.05, 3.63) is 65.2 Å². The highest BCUT2D eigenvalue weighted by molar-refractivity contribution is 7.20. The van der Waals surface area contributed by atoms with Gasteiger partial charge in [0.1, 0.15) is 10.7 Å². The minimum absolute atomic E-state index is 0.310. The van der Waals surface area contributed by atoms with Crippen molar-refractivity contribution in [1.82, 2.24) is 4.98 Å². The van der Waals surface area contributed by atoms with Crippen LogP contribution in [0, 0.1) is 0 Å². The van der Waals surface area contributed by atoms with Crippen molar-refractivity contribution in [2.75, 3.05) is 17.7 Å². The lowest BCUT2D eigenvalue weighted by Crippen LogP contribution is -2.12. The largest absolute Gasteiger partial charge is 0.453 e. The van der Waals surface area contributed by atoms with Gasteiger partial charge in [-0.15, -0.1) is 0 Å². The summed E-state index contributed by atoms with van der Waals surface area (Å²) in [4.78, 5) is 28.4. The van der Waals surface area contributed by atoms with Crippen molar-refractivity contribution >= 4 is 45.1 Å². The Bertz CT molecular complexity index is 944. The van der Waals surface area contributed by atoms with Gasteiger partial charge in [0.05, 0.1) is 17.7 Å². The molecule has 0 unspecified atom stereocenters. The van der Waals surface area contributed by atoms with E-state index in [4.69, 9.17) is 11.6 Å². The first-order chi connectivity index (χ1) is 12.6. The molecule has 0 bridgehead atoms. The van der Waals surface area contributed by atoms with Gasteiger partial charge in [0, 0.05) is 5.56 Å². The summed E-state index contributed by atoms with van der Waals surface area (Å²) in [7, 11) is 1.27. The van der Waals surface area contributed by atoms with Gasteiger partial charge in [0.2, 0.25) is 0 Å². The minimum Gasteiger partial charge on any atom is -0.453 e. The number of nitrogens with zero attached hydrogens (tertiary/aromatic N) is 1. The molecule has 0 aliphatic heterocycles. The van der Waals surface area contributed by atoms with Crippen molar-refractivity contribution in [3.8, 4) is 11.3 Å². The molecule has 6 nitrogen and oxygen atoms in total. The average molecular weight is 388 g/mol. The maximum atomic E-state index is 12.6. The molecule has 1 aromatic heterocycles. The summed E-state index contributed by atoms with van der Waals surface area (Å²) >= 11 is 7.22. The number of nitrogens with one attached hydrogen (secondary N) is 2. The van der Waals surface area contributed by atoms with Crippen LogP contribution in [0.15, 0.2) is 54.6 Å². The van der Waals surface area contributed by atoms with E-state index >= 15 is 0 Å². The summed E-state index contributed by atoms with van der Waals surface area (Å²) in [6.45, 7) is 0. The second-order valence-electron chi connectivity index (χ2n) is 5.11. The van der Waals surface area contributed by atoms with E-state index in [1.54, 1.807) is 24.3 Å². The number of hydrogen-bond acceptors (Lipinski definition) is 5. The van der Waals surface area contributed by atoms with E-state index in [0.717, 1.165) is 16.9 Å². The number of ether oxygens (including phenoxy) is 1. The molecule has 132 valence electrons. The Morgan fingerprint density at radius 3 is 2.42 bits per heavy atom. The Morgan fingerprint density at radius 1 is 1.04 bits per heavy atom. The van der Waals surface area contributed by atoms with Gasteiger partial charge in [-0.2, -0.15) is 0 Å². The lowest BCUT2D eigenvalue weighted by atomic mass is 10.1. The number of carbonyl (C=O) groups excluding carboxylic acids is 2. The van der Waals surface area contributed by atoms with E-state index in [-0.39, 0.29) is 5.91 Å². The standard InChI is InChI=1S/C18H14ClN3O3S/c1-25-18(24)22-17-20-14(11-7-3-2-4-8-11)16(26-17)21-15(23)12-9-5-6-10-13(12)19/h2-10H,1H3,(H,21,23)(H,20,22,24). The molecule has 3 aromatic rings. The second-order valence-corrected chi connectivity index (χ2v) is 6.52. The Labute approximate surface area is 158 Å². The quantitative estimate of drug-likeness (QED) is 0.667.